The summed E-state index contributed by atoms with van der Waals surface area (Å²) in [4.78, 5) is 41.6. The van der Waals surface area contributed by atoms with Crippen LogP contribution in [0.2, 0.25) is 5.02 Å². The van der Waals surface area contributed by atoms with Crippen molar-refractivity contribution in [2.24, 2.45) is 0 Å². The second-order valence-corrected chi connectivity index (χ2v) is 8.99. The summed E-state index contributed by atoms with van der Waals surface area (Å²) >= 11 is 6.05. The van der Waals surface area contributed by atoms with Gasteiger partial charge in [0.2, 0.25) is 17.5 Å². The topological polar surface area (TPSA) is 115 Å². The van der Waals surface area contributed by atoms with Crippen LogP contribution in [0.5, 0.6) is 5.88 Å². The standard InChI is InChI=1S/C26H24ClFN4O5/c1-37-23-10-9-22(32(35)36)25(30-23)26(34)29-18-7-5-16(6-8-18)17-11-13-31(14-12-17)24(33)15-19-20(27)3-2-4-21(19)28/h2-10,17H,11-15H2,1H3,(H,29,34). The Bertz CT molecular complexity index is 1310. The highest BCUT2D eigenvalue weighted by molar-refractivity contribution is 6.31. The van der Waals surface area contributed by atoms with Crippen LogP contribution in [0.3, 0.4) is 0 Å². The van der Waals surface area contributed by atoms with E-state index in [4.69, 9.17) is 16.3 Å². The van der Waals surface area contributed by atoms with Gasteiger partial charge in [0, 0.05) is 41.5 Å². The summed E-state index contributed by atoms with van der Waals surface area (Å²) in [7, 11) is 1.35. The van der Waals surface area contributed by atoms with Gasteiger partial charge in [0.05, 0.1) is 18.5 Å². The smallest absolute Gasteiger partial charge is 0.300 e. The molecule has 2 heterocycles. The van der Waals surface area contributed by atoms with E-state index in [1.165, 1.54) is 31.4 Å². The van der Waals surface area contributed by atoms with Gasteiger partial charge in [-0.3, -0.25) is 19.7 Å². The van der Waals surface area contributed by atoms with Gasteiger partial charge in [0.1, 0.15) is 5.82 Å². The molecule has 1 fully saturated rings. The van der Waals surface area contributed by atoms with Crippen LogP contribution in [0, 0.1) is 15.9 Å². The molecule has 1 saturated heterocycles. The summed E-state index contributed by atoms with van der Waals surface area (Å²) in [6.07, 6.45) is 1.40. The predicted molar refractivity (Wildman–Crippen MR) is 136 cm³/mol. The number of hydrogen-bond donors (Lipinski definition) is 1. The molecular formula is C26H24ClFN4O5. The monoisotopic (exact) mass is 526 g/mol. The van der Waals surface area contributed by atoms with E-state index in [-0.39, 0.29) is 40.4 Å². The number of pyridine rings is 1. The Morgan fingerprint density at radius 3 is 2.49 bits per heavy atom. The maximum atomic E-state index is 14.0. The van der Waals surface area contributed by atoms with Crippen LogP contribution in [0.25, 0.3) is 0 Å². The number of carbonyl (C=O) groups excluding carboxylic acids is 2. The molecule has 2 aromatic carbocycles. The molecule has 192 valence electrons. The maximum Gasteiger partial charge on any atom is 0.300 e. The van der Waals surface area contributed by atoms with Crippen LogP contribution in [0.4, 0.5) is 15.8 Å². The second kappa shape index (κ2) is 11.3. The minimum absolute atomic E-state index is 0.0785. The summed E-state index contributed by atoms with van der Waals surface area (Å²) in [6, 6.07) is 14.1. The first-order valence-electron chi connectivity index (χ1n) is 11.6. The van der Waals surface area contributed by atoms with Crippen molar-refractivity contribution in [1.82, 2.24) is 9.88 Å². The van der Waals surface area contributed by atoms with Crippen LogP contribution in [-0.2, 0) is 11.2 Å². The molecule has 9 nitrogen and oxygen atoms in total. The lowest BCUT2D eigenvalue weighted by Gasteiger charge is -2.32. The van der Waals surface area contributed by atoms with Crippen molar-refractivity contribution in [2.45, 2.75) is 25.2 Å². The highest BCUT2D eigenvalue weighted by atomic mass is 35.5. The molecule has 1 N–H and O–H groups in total. The fourth-order valence-electron chi connectivity index (χ4n) is 4.32. The van der Waals surface area contributed by atoms with Gasteiger partial charge in [-0.15, -0.1) is 0 Å². The van der Waals surface area contributed by atoms with Gasteiger partial charge in [-0.25, -0.2) is 9.37 Å². The molecule has 0 bridgehead atoms. The van der Waals surface area contributed by atoms with E-state index in [1.807, 2.05) is 12.1 Å². The molecule has 1 aromatic heterocycles. The summed E-state index contributed by atoms with van der Waals surface area (Å²) in [6.45, 7) is 1.08. The lowest BCUT2D eigenvalue weighted by molar-refractivity contribution is -0.385. The van der Waals surface area contributed by atoms with Gasteiger partial charge in [-0.1, -0.05) is 29.8 Å². The lowest BCUT2D eigenvalue weighted by atomic mass is 9.89. The van der Waals surface area contributed by atoms with Crippen molar-refractivity contribution in [1.29, 1.82) is 0 Å². The number of piperidine rings is 1. The van der Waals surface area contributed by atoms with Crippen molar-refractivity contribution in [2.75, 3.05) is 25.5 Å². The molecule has 0 radical (unpaired) electrons. The lowest BCUT2D eigenvalue weighted by Crippen LogP contribution is -2.39. The number of ether oxygens (including phenoxy) is 1. The Balaban J connectivity index is 1.35. The van der Waals surface area contributed by atoms with E-state index in [0.29, 0.717) is 18.8 Å². The molecule has 37 heavy (non-hydrogen) atoms. The zero-order valence-electron chi connectivity index (χ0n) is 19.9. The molecule has 1 aliphatic heterocycles. The van der Waals surface area contributed by atoms with Crippen molar-refractivity contribution in [3.05, 3.63) is 92.4 Å². The summed E-state index contributed by atoms with van der Waals surface area (Å²) in [5, 5.41) is 14.2. The van der Waals surface area contributed by atoms with Crippen molar-refractivity contribution in [3.8, 4) is 5.88 Å². The quantitative estimate of drug-likeness (QED) is 0.342. The number of nitrogens with one attached hydrogen (secondary N) is 1. The Hall–Kier alpha value is -4.05. The second-order valence-electron chi connectivity index (χ2n) is 8.59. The van der Waals surface area contributed by atoms with Crippen LogP contribution < -0.4 is 10.1 Å². The van der Waals surface area contributed by atoms with Gasteiger partial charge < -0.3 is 15.0 Å². The number of likely N-dealkylation sites (tertiary alicyclic amines) is 1. The Kier molecular flexibility index (Phi) is 7.98. The molecule has 0 atom stereocenters. The fraction of sp³-hybridized carbons (Fsp3) is 0.269. The van der Waals surface area contributed by atoms with Gasteiger partial charge in [-0.05, 0) is 48.6 Å². The number of halogens is 2. The summed E-state index contributed by atoms with van der Waals surface area (Å²) < 4.78 is 19.0. The third-order valence-electron chi connectivity index (χ3n) is 6.35. The number of rotatable bonds is 7. The average molecular weight is 527 g/mol. The van der Waals surface area contributed by atoms with Crippen molar-refractivity contribution in [3.63, 3.8) is 0 Å². The molecule has 1 aliphatic rings. The van der Waals surface area contributed by atoms with E-state index in [0.717, 1.165) is 18.4 Å². The number of benzene rings is 2. The Morgan fingerprint density at radius 1 is 1.16 bits per heavy atom. The first-order valence-corrected chi connectivity index (χ1v) is 12.0. The molecule has 3 aromatic rings. The SMILES string of the molecule is COc1ccc([N+](=O)[O-])c(C(=O)Nc2ccc(C3CCN(C(=O)Cc4c(F)cccc4Cl)CC3)cc2)n1. The van der Waals surface area contributed by atoms with Gasteiger partial charge in [0.15, 0.2) is 0 Å². The summed E-state index contributed by atoms with van der Waals surface area (Å²) in [5.74, 6) is -1.07. The normalized spacial score (nSPS) is 13.8. The first-order chi connectivity index (χ1) is 17.8. The molecule has 0 unspecified atom stereocenters. The highest BCUT2D eigenvalue weighted by Gasteiger charge is 2.26. The Labute approximate surface area is 217 Å². The molecule has 0 aliphatic carbocycles. The minimum atomic E-state index is -0.722. The van der Waals surface area contributed by atoms with Crippen LogP contribution in [-0.4, -0.2) is 46.8 Å². The van der Waals surface area contributed by atoms with Crippen LogP contribution in [0.1, 0.15) is 40.4 Å². The molecule has 11 heteroatoms. The third kappa shape index (κ3) is 6.03. The molecular weight excluding hydrogens is 503 g/mol. The largest absolute Gasteiger partial charge is 0.481 e. The van der Waals surface area contributed by atoms with Gasteiger partial charge in [0.25, 0.3) is 5.91 Å². The van der Waals surface area contributed by atoms with Gasteiger partial charge in [-0.2, -0.15) is 0 Å². The fourth-order valence-corrected chi connectivity index (χ4v) is 4.55. The number of hydrogen-bond acceptors (Lipinski definition) is 6. The van der Waals surface area contributed by atoms with E-state index in [1.54, 1.807) is 23.1 Å². The number of nitrogens with zero attached hydrogens (tertiary/aromatic N) is 3. The number of carbonyl (C=O) groups is 2. The molecule has 2 amide bonds. The van der Waals surface area contributed by atoms with E-state index >= 15 is 0 Å². The zero-order chi connectivity index (χ0) is 26.5. The Morgan fingerprint density at radius 2 is 1.86 bits per heavy atom. The van der Waals surface area contributed by atoms with E-state index < -0.39 is 22.3 Å². The van der Waals surface area contributed by atoms with Crippen LogP contribution >= 0.6 is 11.6 Å². The van der Waals surface area contributed by atoms with Crippen LogP contribution in [0.15, 0.2) is 54.6 Å². The zero-order valence-corrected chi connectivity index (χ0v) is 20.7. The predicted octanol–water partition coefficient (Wildman–Crippen LogP) is 4.99. The number of anilines is 1. The number of methoxy groups -OCH3 is 1. The molecule has 4 rings (SSSR count). The van der Waals surface area contributed by atoms with Gasteiger partial charge >= 0.3 is 5.69 Å². The number of amides is 2. The number of aromatic nitrogens is 1. The van der Waals surface area contributed by atoms with Crippen molar-refractivity contribution >= 4 is 34.8 Å². The summed E-state index contributed by atoms with van der Waals surface area (Å²) in [5.41, 5.74) is 0.953. The third-order valence-corrected chi connectivity index (χ3v) is 6.70. The van der Waals surface area contributed by atoms with Crippen molar-refractivity contribution < 1.29 is 23.6 Å². The minimum Gasteiger partial charge on any atom is -0.481 e. The first kappa shape index (κ1) is 26.0. The highest BCUT2D eigenvalue weighted by Crippen LogP contribution is 2.30. The maximum absolute atomic E-state index is 14.0. The van der Waals surface area contributed by atoms with E-state index in [9.17, 15) is 24.1 Å². The number of nitro groups is 1. The molecule has 0 spiro atoms. The average Bonchev–Trinajstić information content (AvgIpc) is 2.90. The van der Waals surface area contributed by atoms with E-state index in [2.05, 4.69) is 10.3 Å². The molecule has 0 saturated carbocycles.